The number of nitrogens with zero attached hydrogens (tertiary/aromatic N) is 2. The lowest BCUT2D eigenvalue weighted by molar-refractivity contribution is 0.568. The van der Waals surface area contributed by atoms with Crippen LogP contribution in [0.4, 0.5) is 5.69 Å². The van der Waals surface area contributed by atoms with Gasteiger partial charge in [-0.25, -0.2) is 4.68 Å². The van der Waals surface area contributed by atoms with E-state index in [1.807, 2.05) is 13.8 Å². The third-order valence-corrected chi connectivity index (χ3v) is 2.89. The second-order valence-electron chi connectivity index (χ2n) is 4.05. The number of aryl methyl sites for hydroxylation is 1. The van der Waals surface area contributed by atoms with Gasteiger partial charge in [-0.2, -0.15) is 5.10 Å². The van der Waals surface area contributed by atoms with Crippen molar-refractivity contribution in [2.45, 2.75) is 45.7 Å². The Bertz CT molecular complexity index is 490. The Hall–Kier alpha value is -1.47. The van der Waals surface area contributed by atoms with Crippen LogP contribution in [0.5, 0.6) is 0 Å². The SMILES string of the molecule is C#CC(CCC)Nc1cnn(CCC)c(=O)c1Cl. The van der Waals surface area contributed by atoms with Crippen molar-refractivity contribution in [3.8, 4) is 12.3 Å². The average molecular weight is 268 g/mol. The minimum absolute atomic E-state index is 0.129. The fraction of sp³-hybridized carbons (Fsp3) is 0.538. The molecule has 18 heavy (non-hydrogen) atoms. The Morgan fingerprint density at radius 3 is 2.83 bits per heavy atom. The zero-order valence-corrected chi connectivity index (χ0v) is 11.5. The van der Waals surface area contributed by atoms with E-state index in [4.69, 9.17) is 18.0 Å². The van der Waals surface area contributed by atoms with Gasteiger partial charge < -0.3 is 5.32 Å². The number of hydrogen-bond acceptors (Lipinski definition) is 3. The van der Waals surface area contributed by atoms with Gasteiger partial charge in [0.15, 0.2) is 0 Å². The molecule has 4 nitrogen and oxygen atoms in total. The van der Waals surface area contributed by atoms with Crippen LogP contribution in [-0.4, -0.2) is 15.8 Å². The maximum absolute atomic E-state index is 11.9. The minimum Gasteiger partial charge on any atom is -0.369 e. The molecular weight excluding hydrogens is 250 g/mol. The number of anilines is 1. The second-order valence-corrected chi connectivity index (χ2v) is 4.43. The molecule has 0 spiro atoms. The quantitative estimate of drug-likeness (QED) is 0.806. The summed E-state index contributed by atoms with van der Waals surface area (Å²) in [5.41, 5.74) is 0.223. The highest BCUT2D eigenvalue weighted by Crippen LogP contribution is 2.17. The lowest BCUT2D eigenvalue weighted by Crippen LogP contribution is -2.26. The summed E-state index contributed by atoms with van der Waals surface area (Å²) < 4.78 is 1.36. The maximum Gasteiger partial charge on any atom is 0.287 e. The molecule has 0 bridgehead atoms. The van der Waals surface area contributed by atoms with Crippen molar-refractivity contribution in [1.82, 2.24) is 9.78 Å². The molecule has 0 amide bonds. The summed E-state index contributed by atoms with van der Waals surface area (Å²) in [4.78, 5) is 11.9. The first kappa shape index (κ1) is 14.6. The van der Waals surface area contributed by atoms with E-state index in [1.54, 1.807) is 6.20 Å². The predicted molar refractivity (Wildman–Crippen MR) is 74.9 cm³/mol. The molecule has 1 atom stereocenters. The molecular formula is C13H18ClN3O. The second kappa shape index (κ2) is 7.07. The average Bonchev–Trinajstić information content (AvgIpc) is 2.37. The highest BCUT2D eigenvalue weighted by molar-refractivity contribution is 6.32. The van der Waals surface area contributed by atoms with Crippen LogP contribution in [0.1, 0.15) is 33.1 Å². The van der Waals surface area contributed by atoms with Crippen LogP contribution in [0.3, 0.4) is 0 Å². The van der Waals surface area contributed by atoms with Gasteiger partial charge in [-0.3, -0.25) is 4.79 Å². The Morgan fingerprint density at radius 2 is 2.28 bits per heavy atom. The summed E-state index contributed by atoms with van der Waals surface area (Å²) in [5.74, 6) is 2.63. The van der Waals surface area contributed by atoms with E-state index in [1.165, 1.54) is 4.68 Å². The first-order chi connectivity index (χ1) is 8.63. The van der Waals surface area contributed by atoms with Crippen molar-refractivity contribution in [3.05, 3.63) is 21.6 Å². The summed E-state index contributed by atoms with van der Waals surface area (Å²) in [6.45, 7) is 4.58. The van der Waals surface area contributed by atoms with Gasteiger partial charge in [-0.05, 0) is 12.8 Å². The Balaban J connectivity index is 2.95. The highest BCUT2D eigenvalue weighted by atomic mass is 35.5. The largest absolute Gasteiger partial charge is 0.369 e. The summed E-state index contributed by atoms with van der Waals surface area (Å²) in [5, 5.41) is 7.28. The molecule has 1 aromatic rings. The normalized spacial score (nSPS) is 11.9. The van der Waals surface area contributed by atoms with Crippen LogP contribution in [0.25, 0.3) is 0 Å². The predicted octanol–water partition coefficient (Wildman–Crippen LogP) is 2.52. The van der Waals surface area contributed by atoms with E-state index < -0.39 is 0 Å². The number of rotatable bonds is 6. The zero-order valence-electron chi connectivity index (χ0n) is 10.7. The molecule has 0 aromatic carbocycles. The number of aromatic nitrogens is 2. The summed E-state index contributed by atoms with van der Waals surface area (Å²) in [6, 6.07) is -0.129. The molecule has 1 heterocycles. The van der Waals surface area contributed by atoms with Crippen LogP contribution >= 0.6 is 11.6 Å². The lowest BCUT2D eigenvalue weighted by Gasteiger charge is -2.14. The zero-order chi connectivity index (χ0) is 13.5. The van der Waals surface area contributed by atoms with Gasteiger partial charge >= 0.3 is 0 Å². The number of terminal acetylenes is 1. The van der Waals surface area contributed by atoms with E-state index in [2.05, 4.69) is 16.3 Å². The molecule has 1 N–H and O–H groups in total. The number of halogens is 1. The Morgan fingerprint density at radius 1 is 1.56 bits per heavy atom. The van der Waals surface area contributed by atoms with Crippen LogP contribution in [-0.2, 0) is 6.54 Å². The van der Waals surface area contributed by atoms with Gasteiger partial charge in [-0.1, -0.05) is 37.8 Å². The topological polar surface area (TPSA) is 46.9 Å². The Kier molecular flexibility index (Phi) is 5.73. The van der Waals surface area contributed by atoms with Crippen molar-refractivity contribution in [2.75, 3.05) is 5.32 Å². The van der Waals surface area contributed by atoms with E-state index in [9.17, 15) is 4.79 Å². The first-order valence-corrected chi connectivity index (χ1v) is 6.50. The van der Waals surface area contributed by atoms with Crippen molar-refractivity contribution >= 4 is 17.3 Å². The van der Waals surface area contributed by atoms with Gasteiger partial charge in [-0.15, -0.1) is 6.42 Å². The molecule has 98 valence electrons. The molecule has 0 saturated heterocycles. The summed E-state index contributed by atoms with van der Waals surface area (Å²) >= 11 is 6.03. The van der Waals surface area contributed by atoms with Crippen LogP contribution in [0.2, 0.25) is 5.02 Å². The van der Waals surface area contributed by atoms with E-state index in [-0.39, 0.29) is 16.6 Å². The maximum atomic E-state index is 11.9. The van der Waals surface area contributed by atoms with Gasteiger partial charge in [0.2, 0.25) is 0 Å². The summed E-state index contributed by atoms with van der Waals surface area (Å²) in [6.07, 6.45) is 9.58. The molecule has 0 radical (unpaired) electrons. The molecule has 0 fully saturated rings. The van der Waals surface area contributed by atoms with Crippen molar-refractivity contribution in [3.63, 3.8) is 0 Å². The van der Waals surface area contributed by atoms with E-state index in [0.29, 0.717) is 12.2 Å². The van der Waals surface area contributed by atoms with Crippen LogP contribution in [0, 0.1) is 12.3 Å². The third-order valence-electron chi connectivity index (χ3n) is 2.53. The van der Waals surface area contributed by atoms with Crippen molar-refractivity contribution in [1.29, 1.82) is 0 Å². The molecule has 1 aromatic heterocycles. The molecule has 5 heteroatoms. The molecule has 0 saturated carbocycles. The molecule has 0 aliphatic heterocycles. The number of hydrogen-bond donors (Lipinski definition) is 1. The fourth-order valence-electron chi connectivity index (χ4n) is 1.61. The molecule has 1 rings (SSSR count). The van der Waals surface area contributed by atoms with E-state index >= 15 is 0 Å². The number of nitrogens with one attached hydrogen (secondary N) is 1. The van der Waals surface area contributed by atoms with Crippen molar-refractivity contribution < 1.29 is 0 Å². The Labute approximate surface area is 112 Å². The first-order valence-electron chi connectivity index (χ1n) is 6.12. The van der Waals surface area contributed by atoms with Gasteiger partial charge in [0, 0.05) is 6.54 Å². The molecule has 1 unspecified atom stereocenters. The van der Waals surface area contributed by atoms with Crippen LogP contribution in [0.15, 0.2) is 11.0 Å². The van der Waals surface area contributed by atoms with Gasteiger partial charge in [0.1, 0.15) is 5.02 Å². The fourth-order valence-corrected chi connectivity index (χ4v) is 1.81. The van der Waals surface area contributed by atoms with E-state index in [0.717, 1.165) is 19.3 Å². The standard InChI is InChI=1S/C13H18ClN3O/c1-4-7-10(6-3)16-11-9-15-17(8-5-2)13(18)12(11)14/h3,9-10,16H,4-5,7-8H2,1-2H3. The highest BCUT2D eigenvalue weighted by Gasteiger charge is 2.11. The minimum atomic E-state index is -0.282. The lowest BCUT2D eigenvalue weighted by atomic mass is 10.2. The van der Waals surface area contributed by atoms with Gasteiger partial charge in [0.25, 0.3) is 5.56 Å². The van der Waals surface area contributed by atoms with Crippen molar-refractivity contribution in [2.24, 2.45) is 0 Å². The van der Waals surface area contributed by atoms with Gasteiger partial charge in [0.05, 0.1) is 17.9 Å². The molecule has 0 aliphatic rings. The monoisotopic (exact) mass is 267 g/mol. The van der Waals surface area contributed by atoms with Crippen LogP contribution < -0.4 is 10.9 Å². The third kappa shape index (κ3) is 3.51. The summed E-state index contributed by atoms with van der Waals surface area (Å²) in [7, 11) is 0. The molecule has 0 aliphatic carbocycles. The smallest absolute Gasteiger partial charge is 0.287 e.